The number of nitrogens with zero attached hydrogens (tertiary/aromatic N) is 1. The van der Waals surface area contributed by atoms with Crippen molar-refractivity contribution in [3.05, 3.63) is 62.2 Å². The van der Waals surface area contributed by atoms with Gasteiger partial charge in [-0.05, 0) is 52.9 Å². The van der Waals surface area contributed by atoms with Crippen LogP contribution >= 0.6 is 34.4 Å². The summed E-state index contributed by atoms with van der Waals surface area (Å²) in [7, 11) is 0. The quantitative estimate of drug-likeness (QED) is 0.348. The molecule has 1 amide bonds. The molecule has 0 aromatic heterocycles. The Hall–Kier alpha value is -1.61. The van der Waals surface area contributed by atoms with E-state index in [4.69, 9.17) is 0 Å². The molecule has 0 fully saturated rings. The second kappa shape index (κ2) is 7.41. The summed E-state index contributed by atoms with van der Waals surface area (Å²) >= 11 is 3.52. The monoisotopic (exact) mass is 414 g/mol. The molecule has 1 N–H and O–H groups in total. The van der Waals surface area contributed by atoms with E-state index < -0.39 is 4.92 Å². The molecule has 5 nitrogen and oxygen atoms in total. The minimum atomic E-state index is -0.446. The molecule has 0 bridgehead atoms. The third-order valence-electron chi connectivity index (χ3n) is 2.53. The van der Waals surface area contributed by atoms with Crippen molar-refractivity contribution in [3.8, 4) is 0 Å². The van der Waals surface area contributed by atoms with E-state index in [0.29, 0.717) is 0 Å². The van der Waals surface area contributed by atoms with E-state index >= 15 is 0 Å². The molecule has 0 radical (unpaired) electrons. The van der Waals surface area contributed by atoms with Gasteiger partial charge in [0.15, 0.2) is 0 Å². The number of nitrogens with one attached hydrogen (secondary N) is 1. The van der Waals surface area contributed by atoms with Crippen molar-refractivity contribution in [2.75, 3.05) is 11.1 Å². The highest BCUT2D eigenvalue weighted by atomic mass is 127. The van der Waals surface area contributed by atoms with Crippen LogP contribution in [0.25, 0.3) is 0 Å². The van der Waals surface area contributed by atoms with Crippen LogP contribution in [0.5, 0.6) is 0 Å². The first-order valence-electron chi connectivity index (χ1n) is 5.97. The maximum absolute atomic E-state index is 11.8. The summed E-state index contributed by atoms with van der Waals surface area (Å²) in [6.07, 6.45) is 0. The molecule has 108 valence electrons. The fourth-order valence-corrected chi connectivity index (χ4v) is 2.82. The first-order chi connectivity index (χ1) is 10.0. The lowest BCUT2D eigenvalue weighted by molar-refractivity contribution is -0.384. The first-order valence-corrected chi connectivity index (χ1v) is 8.04. The number of halogens is 1. The van der Waals surface area contributed by atoms with Crippen LogP contribution in [0.15, 0.2) is 53.4 Å². The number of benzene rings is 2. The third-order valence-corrected chi connectivity index (χ3v) is 4.21. The van der Waals surface area contributed by atoms with Gasteiger partial charge in [0.1, 0.15) is 0 Å². The summed E-state index contributed by atoms with van der Waals surface area (Å²) in [5.74, 6) is 0.142. The number of carbonyl (C=O) groups excluding carboxylic acids is 1. The second-order valence-electron chi connectivity index (χ2n) is 4.10. The Morgan fingerprint density at radius 1 is 1.24 bits per heavy atom. The van der Waals surface area contributed by atoms with Crippen molar-refractivity contribution < 1.29 is 9.72 Å². The van der Waals surface area contributed by atoms with Gasteiger partial charge in [-0.3, -0.25) is 14.9 Å². The number of nitro benzene ring substituents is 1. The Morgan fingerprint density at radius 2 is 1.95 bits per heavy atom. The van der Waals surface area contributed by atoms with E-state index in [1.807, 2.05) is 24.3 Å². The number of anilines is 1. The summed E-state index contributed by atoms with van der Waals surface area (Å²) in [5.41, 5.74) is 0.805. The van der Waals surface area contributed by atoms with Gasteiger partial charge in [-0.25, -0.2) is 0 Å². The highest BCUT2D eigenvalue weighted by Gasteiger charge is 2.07. The summed E-state index contributed by atoms with van der Waals surface area (Å²) < 4.78 is 1.05. The van der Waals surface area contributed by atoms with E-state index in [9.17, 15) is 14.9 Å². The fourth-order valence-electron chi connectivity index (χ4n) is 1.58. The molecular formula is C14H11IN2O3S. The van der Waals surface area contributed by atoms with Crippen LogP contribution < -0.4 is 5.32 Å². The van der Waals surface area contributed by atoms with Gasteiger partial charge in [-0.1, -0.05) is 6.07 Å². The minimum Gasteiger partial charge on any atom is -0.325 e. The summed E-state index contributed by atoms with van der Waals surface area (Å²) in [5, 5.41) is 13.4. The molecular weight excluding hydrogens is 403 g/mol. The van der Waals surface area contributed by atoms with Crippen molar-refractivity contribution in [2.45, 2.75) is 4.90 Å². The van der Waals surface area contributed by atoms with Crippen LogP contribution in [0.2, 0.25) is 0 Å². The second-order valence-corrected chi connectivity index (χ2v) is 6.39. The zero-order chi connectivity index (χ0) is 15.2. The molecule has 0 aliphatic carbocycles. The lowest BCUT2D eigenvalue weighted by Gasteiger charge is -2.05. The van der Waals surface area contributed by atoms with Crippen molar-refractivity contribution in [1.82, 2.24) is 0 Å². The van der Waals surface area contributed by atoms with Gasteiger partial charge in [0.25, 0.3) is 5.69 Å². The average molecular weight is 414 g/mol. The van der Waals surface area contributed by atoms with Crippen molar-refractivity contribution in [1.29, 1.82) is 0 Å². The zero-order valence-electron chi connectivity index (χ0n) is 10.8. The minimum absolute atomic E-state index is 0.0441. The number of thioether (sulfide) groups is 1. The molecule has 7 heteroatoms. The van der Waals surface area contributed by atoms with Crippen molar-refractivity contribution >= 4 is 51.6 Å². The standard InChI is InChI=1S/C14H11IN2O3S/c15-10-2-1-3-11(8-10)16-14(18)9-21-13-6-4-12(5-7-13)17(19)20/h1-8H,9H2,(H,16,18). The number of hydrogen-bond acceptors (Lipinski definition) is 4. The Bertz CT molecular complexity index is 662. The van der Waals surface area contributed by atoms with Gasteiger partial charge in [-0.2, -0.15) is 0 Å². The third kappa shape index (κ3) is 5.01. The largest absolute Gasteiger partial charge is 0.325 e. The van der Waals surface area contributed by atoms with Crippen LogP contribution in [0, 0.1) is 13.7 Å². The molecule has 0 unspecified atom stereocenters. The summed E-state index contributed by atoms with van der Waals surface area (Å²) in [6.45, 7) is 0. The van der Waals surface area contributed by atoms with E-state index in [0.717, 1.165) is 14.2 Å². The SMILES string of the molecule is O=C(CSc1ccc([N+](=O)[O-])cc1)Nc1cccc(I)c1. The lowest BCUT2D eigenvalue weighted by atomic mass is 10.3. The Balaban J connectivity index is 1.87. The Morgan fingerprint density at radius 3 is 2.57 bits per heavy atom. The predicted octanol–water partition coefficient (Wildman–Crippen LogP) is 3.93. The van der Waals surface area contributed by atoms with Crippen molar-refractivity contribution in [3.63, 3.8) is 0 Å². The normalized spacial score (nSPS) is 10.1. The number of non-ortho nitro benzene ring substituents is 1. The van der Waals surface area contributed by atoms with Crippen molar-refractivity contribution in [2.24, 2.45) is 0 Å². The molecule has 0 aliphatic rings. The van der Waals surface area contributed by atoms with Crippen LogP contribution in [-0.2, 0) is 4.79 Å². The molecule has 0 aliphatic heterocycles. The molecule has 0 saturated heterocycles. The van der Waals surface area contributed by atoms with Crippen LogP contribution in [-0.4, -0.2) is 16.6 Å². The first kappa shape index (κ1) is 15.8. The number of nitro groups is 1. The van der Waals surface area contributed by atoms with Gasteiger partial charge in [0, 0.05) is 26.3 Å². The van der Waals surface area contributed by atoms with Gasteiger partial charge in [0.2, 0.25) is 5.91 Å². The van der Waals surface area contributed by atoms with E-state index in [2.05, 4.69) is 27.9 Å². The van der Waals surface area contributed by atoms with E-state index in [-0.39, 0.29) is 17.3 Å². The number of hydrogen-bond donors (Lipinski definition) is 1. The highest BCUT2D eigenvalue weighted by Crippen LogP contribution is 2.21. The summed E-state index contributed by atoms with van der Waals surface area (Å²) in [6, 6.07) is 13.7. The molecule has 0 atom stereocenters. The van der Waals surface area contributed by atoms with E-state index in [1.54, 1.807) is 12.1 Å². The van der Waals surface area contributed by atoms with Gasteiger partial charge < -0.3 is 5.32 Å². The van der Waals surface area contributed by atoms with E-state index in [1.165, 1.54) is 23.9 Å². The highest BCUT2D eigenvalue weighted by molar-refractivity contribution is 14.1. The Kier molecular flexibility index (Phi) is 5.57. The number of carbonyl (C=O) groups is 1. The molecule has 0 saturated carbocycles. The molecule has 2 aromatic rings. The van der Waals surface area contributed by atoms with Crippen LogP contribution in [0.4, 0.5) is 11.4 Å². The molecule has 0 spiro atoms. The maximum atomic E-state index is 11.8. The Labute approximate surface area is 139 Å². The zero-order valence-corrected chi connectivity index (χ0v) is 13.8. The maximum Gasteiger partial charge on any atom is 0.269 e. The summed E-state index contributed by atoms with van der Waals surface area (Å²) in [4.78, 5) is 22.7. The smallest absolute Gasteiger partial charge is 0.269 e. The fraction of sp³-hybridized carbons (Fsp3) is 0.0714. The molecule has 21 heavy (non-hydrogen) atoms. The molecule has 2 rings (SSSR count). The van der Waals surface area contributed by atoms with Gasteiger partial charge in [0.05, 0.1) is 10.7 Å². The predicted molar refractivity (Wildman–Crippen MR) is 91.6 cm³/mol. The number of amides is 1. The van der Waals surface area contributed by atoms with Gasteiger partial charge in [-0.15, -0.1) is 11.8 Å². The average Bonchev–Trinajstić information content (AvgIpc) is 2.45. The van der Waals surface area contributed by atoms with Crippen LogP contribution in [0.1, 0.15) is 0 Å². The molecule has 0 heterocycles. The van der Waals surface area contributed by atoms with Gasteiger partial charge >= 0.3 is 0 Å². The topological polar surface area (TPSA) is 72.2 Å². The number of rotatable bonds is 5. The lowest BCUT2D eigenvalue weighted by Crippen LogP contribution is -2.13. The molecule has 2 aromatic carbocycles. The van der Waals surface area contributed by atoms with Crippen LogP contribution in [0.3, 0.4) is 0 Å².